The van der Waals surface area contributed by atoms with E-state index < -0.39 is 0 Å². The van der Waals surface area contributed by atoms with E-state index in [0.29, 0.717) is 17.9 Å². The molecule has 0 bridgehead atoms. The van der Waals surface area contributed by atoms with Crippen molar-refractivity contribution in [2.24, 2.45) is 5.41 Å². The van der Waals surface area contributed by atoms with Crippen LogP contribution < -0.4 is 5.32 Å². The van der Waals surface area contributed by atoms with Gasteiger partial charge in [-0.15, -0.1) is 0 Å². The highest BCUT2D eigenvalue weighted by Gasteiger charge is 2.30. The van der Waals surface area contributed by atoms with Crippen LogP contribution in [0.2, 0.25) is 0 Å². The Labute approximate surface area is 93.2 Å². The van der Waals surface area contributed by atoms with Crippen LogP contribution in [0, 0.1) is 5.41 Å². The lowest BCUT2D eigenvalue weighted by molar-refractivity contribution is -0.128. The summed E-state index contributed by atoms with van der Waals surface area (Å²) in [6, 6.07) is 0.620. The van der Waals surface area contributed by atoms with E-state index in [0.717, 1.165) is 6.54 Å². The molecule has 0 heterocycles. The normalized spacial score (nSPS) is 24.1. The number of hydrogen-bond donors (Lipinski definition) is 1. The molecule has 0 saturated heterocycles. The molecule has 0 aromatic carbocycles. The summed E-state index contributed by atoms with van der Waals surface area (Å²) in [5.74, 6) is 0.208. The van der Waals surface area contributed by atoms with Crippen LogP contribution >= 0.6 is 0 Å². The van der Waals surface area contributed by atoms with Gasteiger partial charge in [-0.25, -0.2) is 0 Å². The maximum Gasteiger partial charge on any atom is 0.223 e. The summed E-state index contributed by atoms with van der Waals surface area (Å²) in [6.07, 6.45) is 4.41. The molecule has 0 aliphatic heterocycles. The van der Waals surface area contributed by atoms with Gasteiger partial charge in [0.1, 0.15) is 0 Å². The molecule has 1 rings (SSSR count). The molecule has 15 heavy (non-hydrogen) atoms. The fourth-order valence-electron chi connectivity index (χ4n) is 2.22. The number of rotatable bonds is 4. The van der Waals surface area contributed by atoms with Gasteiger partial charge in [-0.2, -0.15) is 0 Å². The number of carbonyl (C=O) groups excluding carboxylic acids is 1. The molecular weight excluding hydrogens is 188 g/mol. The fraction of sp³-hybridized carbons (Fsp3) is 0.917. The SMILES string of the molecule is CN(C)C(=O)CCNC1CCC(C)(C)C1. The van der Waals surface area contributed by atoms with Crippen molar-refractivity contribution in [1.82, 2.24) is 10.2 Å². The highest BCUT2D eigenvalue weighted by atomic mass is 16.2. The highest BCUT2D eigenvalue weighted by Crippen LogP contribution is 2.36. The van der Waals surface area contributed by atoms with Gasteiger partial charge in [-0.1, -0.05) is 13.8 Å². The lowest BCUT2D eigenvalue weighted by atomic mass is 9.92. The molecule has 1 aliphatic rings. The second-order valence-electron chi connectivity index (χ2n) is 5.60. The van der Waals surface area contributed by atoms with Crippen LogP contribution in [0.4, 0.5) is 0 Å². The van der Waals surface area contributed by atoms with Crippen molar-refractivity contribution in [2.75, 3.05) is 20.6 Å². The molecule has 1 N–H and O–H groups in total. The van der Waals surface area contributed by atoms with Crippen LogP contribution in [0.25, 0.3) is 0 Å². The van der Waals surface area contributed by atoms with Gasteiger partial charge in [-0.3, -0.25) is 4.79 Å². The Hall–Kier alpha value is -0.570. The Bertz CT molecular complexity index is 224. The van der Waals surface area contributed by atoms with E-state index in [1.807, 2.05) is 0 Å². The Kier molecular flexibility index (Phi) is 4.14. The predicted octanol–water partition coefficient (Wildman–Crippen LogP) is 1.63. The standard InChI is InChI=1S/C12H24N2O/c1-12(2)7-5-10(9-12)13-8-6-11(15)14(3)4/h10,13H,5-9H2,1-4H3. The summed E-state index contributed by atoms with van der Waals surface area (Å²) in [5.41, 5.74) is 0.489. The summed E-state index contributed by atoms with van der Waals surface area (Å²) < 4.78 is 0. The average Bonchev–Trinajstić information content (AvgIpc) is 2.45. The number of nitrogens with one attached hydrogen (secondary N) is 1. The molecule has 1 fully saturated rings. The van der Waals surface area contributed by atoms with Gasteiger partial charge in [0.2, 0.25) is 5.91 Å². The van der Waals surface area contributed by atoms with E-state index >= 15 is 0 Å². The summed E-state index contributed by atoms with van der Waals surface area (Å²) in [6.45, 7) is 5.46. The van der Waals surface area contributed by atoms with Crippen molar-refractivity contribution < 1.29 is 4.79 Å². The van der Waals surface area contributed by atoms with Gasteiger partial charge in [0.25, 0.3) is 0 Å². The minimum absolute atomic E-state index is 0.208. The Morgan fingerprint density at radius 3 is 2.60 bits per heavy atom. The van der Waals surface area contributed by atoms with E-state index in [4.69, 9.17) is 0 Å². The zero-order chi connectivity index (χ0) is 11.5. The third-order valence-electron chi connectivity index (χ3n) is 3.24. The molecule has 1 atom stereocenters. The van der Waals surface area contributed by atoms with Gasteiger partial charge < -0.3 is 10.2 Å². The summed E-state index contributed by atoms with van der Waals surface area (Å²) in [7, 11) is 3.61. The van der Waals surface area contributed by atoms with Gasteiger partial charge in [0.05, 0.1) is 0 Å². The van der Waals surface area contributed by atoms with Crippen LogP contribution in [0.3, 0.4) is 0 Å². The molecule has 0 aromatic rings. The van der Waals surface area contributed by atoms with E-state index in [1.165, 1.54) is 19.3 Å². The lowest BCUT2D eigenvalue weighted by Gasteiger charge is -2.18. The second-order valence-corrected chi connectivity index (χ2v) is 5.60. The maximum atomic E-state index is 11.3. The van der Waals surface area contributed by atoms with Crippen LogP contribution in [0.15, 0.2) is 0 Å². The minimum atomic E-state index is 0.208. The van der Waals surface area contributed by atoms with Crippen molar-refractivity contribution >= 4 is 5.91 Å². The van der Waals surface area contributed by atoms with Gasteiger partial charge in [-0.05, 0) is 24.7 Å². The Balaban J connectivity index is 2.14. The quantitative estimate of drug-likeness (QED) is 0.768. The summed E-state index contributed by atoms with van der Waals surface area (Å²) in [4.78, 5) is 13.0. The van der Waals surface area contributed by atoms with Crippen LogP contribution in [0.1, 0.15) is 39.5 Å². The van der Waals surface area contributed by atoms with Crippen molar-refractivity contribution in [2.45, 2.75) is 45.6 Å². The number of amides is 1. The van der Waals surface area contributed by atoms with Crippen molar-refractivity contribution in [1.29, 1.82) is 0 Å². The number of hydrogen-bond acceptors (Lipinski definition) is 2. The lowest BCUT2D eigenvalue weighted by Crippen LogP contribution is -2.32. The minimum Gasteiger partial charge on any atom is -0.349 e. The van der Waals surface area contributed by atoms with E-state index in [-0.39, 0.29) is 5.91 Å². The maximum absolute atomic E-state index is 11.3. The molecule has 3 heteroatoms. The van der Waals surface area contributed by atoms with Gasteiger partial charge in [0.15, 0.2) is 0 Å². The van der Waals surface area contributed by atoms with E-state index in [2.05, 4.69) is 19.2 Å². The average molecular weight is 212 g/mol. The molecule has 0 radical (unpaired) electrons. The zero-order valence-corrected chi connectivity index (χ0v) is 10.5. The van der Waals surface area contributed by atoms with Gasteiger partial charge in [0, 0.05) is 33.1 Å². The van der Waals surface area contributed by atoms with E-state index in [1.54, 1.807) is 19.0 Å². The smallest absolute Gasteiger partial charge is 0.223 e. The molecule has 1 aliphatic carbocycles. The molecule has 0 spiro atoms. The monoisotopic (exact) mass is 212 g/mol. The van der Waals surface area contributed by atoms with Crippen LogP contribution in [0.5, 0.6) is 0 Å². The van der Waals surface area contributed by atoms with Crippen LogP contribution in [-0.4, -0.2) is 37.5 Å². The zero-order valence-electron chi connectivity index (χ0n) is 10.5. The third-order valence-corrected chi connectivity index (χ3v) is 3.24. The van der Waals surface area contributed by atoms with E-state index in [9.17, 15) is 4.79 Å². The van der Waals surface area contributed by atoms with Crippen LogP contribution in [-0.2, 0) is 4.79 Å². The number of nitrogens with zero attached hydrogens (tertiary/aromatic N) is 1. The summed E-state index contributed by atoms with van der Waals surface area (Å²) >= 11 is 0. The molecular formula is C12H24N2O. The Morgan fingerprint density at radius 2 is 2.13 bits per heavy atom. The molecule has 1 saturated carbocycles. The topological polar surface area (TPSA) is 32.3 Å². The largest absolute Gasteiger partial charge is 0.349 e. The first-order valence-electron chi connectivity index (χ1n) is 5.84. The highest BCUT2D eigenvalue weighted by molar-refractivity contribution is 5.75. The first kappa shape index (κ1) is 12.5. The first-order chi connectivity index (χ1) is 6.91. The predicted molar refractivity (Wildman–Crippen MR) is 62.7 cm³/mol. The van der Waals surface area contributed by atoms with Crippen molar-refractivity contribution in [3.8, 4) is 0 Å². The Morgan fingerprint density at radius 1 is 1.47 bits per heavy atom. The van der Waals surface area contributed by atoms with Gasteiger partial charge >= 0.3 is 0 Å². The molecule has 1 amide bonds. The summed E-state index contributed by atoms with van der Waals surface area (Å²) in [5, 5.41) is 3.48. The molecule has 88 valence electrons. The second kappa shape index (κ2) is 4.97. The molecule has 0 aromatic heterocycles. The first-order valence-corrected chi connectivity index (χ1v) is 5.84. The fourth-order valence-corrected chi connectivity index (χ4v) is 2.22. The van der Waals surface area contributed by atoms with Crippen molar-refractivity contribution in [3.63, 3.8) is 0 Å². The number of carbonyl (C=O) groups is 1. The van der Waals surface area contributed by atoms with Crippen molar-refractivity contribution in [3.05, 3.63) is 0 Å². The third kappa shape index (κ3) is 4.20. The molecule has 3 nitrogen and oxygen atoms in total. The molecule has 1 unspecified atom stereocenters.